The van der Waals surface area contributed by atoms with Gasteiger partial charge in [0.25, 0.3) is 0 Å². The summed E-state index contributed by atoms with van der Waals surface area (Å²) in [5.41, 5.74) is 9.00. The lowest BCUT2D eigenvalue weighted by atomic mass is 10.1. The van der Waals surface area contributed by atoms with Gasteiger partial charge in [0.05, 0.1) is 7.11 Å². The summed E-state index contributed by atoms with van der Waals surface area (Å²) in [7, 11) is 1.60. The van der Waals surface area contributed by atoms with Crippen LogP contribution in [-0.4, -0.2) is 27.2 Å². The molecule has 22 heavy (non-hydrogen) atoms. The van der Waals surface area contributed by atoms with Crippen molar-refractivity contribution in [3.05, 3.63) is 48.0 Å². The van der Waals surface area contributed by atoms with Crippen LogP contribution < -0.4 is 10.5 Å². The van der Waals surface area contributed by atoms with Crippen molar-refractivity contribution >= 4 is 5.82 Å². The van der Waals surface area contributed by atoms with E-state index >= 15 is 0 Å². The van der Waals surface area contributed by atoms with E-state index in [0.29, 0.717) is 22.9 Å². The fourth-order valence-electron chi connectivity index (χ4n) is 2.31. The van der Waals surface area contributed by atoms with Crippen molar-refractivity contribution in [2.24, 2.45) is 0 Å². The highest BCUT2D eigenvalue weighted by Gasteiger charge is 2.18. The van der Waals surface area contributed by atoms with Crippen molar-refractivity contribution in [3.8, 4) is 28.4 Å². The summed E-state index contributed by atoms with van der Waals surface area (Å²) in [5.74, 6) is 1.09. The Bertz CT molecular complexity index is 827. The van der Waals surface area contributed by atoms with Crippen molar-refractivity contribution in [3.63, 3.8) is 0 Å². The molecule has 2 aromatic carbocycles. The number of hydrogen-bond acceptors (Lipinski definition) is 5. The van der Waals surface area contributed by atoms with E-state index < -0.39 is 0 Å². The van der Waals surface area contributed by atoms with Gasteiger partial charge in [-0.05, 0) is 31.2 Å². The first-order chi connectivity index (χ1) is 10.6. The lowest BCUT2D eigenvalue weighted by Gasteiger charge is -2.09. The first-order valence-corrected chi connectivity index (χ1v) is 6.76. The number of nitrogens with zero attached hydrogens (tertiary/aromatic N) is 3. The summed E-state index contributed by atoms with van der Waals surface area (Å²) in [4.78, 5) is 0. The van der Waals surface area contributed by atoms with Gasteiger partial charge in [-0.3, -0.25) is 0 Å². The zero-order chi connectivity index (χ0) is 15.7. The van der Waals surface area contributed by atoms with Gasteiger partial charge in [-0.2, -0.15) is 4.68 Å². The third-order valence-electron chi connectivity index (χ3n) is 3.42. The summed E-state index contributed by atoms with van der Waals surface area (Å²) >= 11 is 0. The van der Waals surface area contributed by atoms with Gasteiger partial charge in [0, 0.05) is 5.56 Å². The molecule has 0 saturated carbocycles. The first-order valence-electron chi connectivity index (χ1n) is 6.76. The van der Waals surface area contributed by atoms with Crippen LogP contribution in [0, 0.1) is 6.92 Å². The van der Waals surface area contributed by atoms with Crippen molar-refractivity contribution < 1.29 is 9.84 Å². The van der Waals surface area contributed by atoms with E-state index in [1.165, 1.54) is 4.68 Å². The molecule has 1 aromatic heterocycles. The van der Waals surface area contributed by atoms with Gasteiger partial charge in [-0.25, -0.2) is 0 Å². The summed E-state index contributed by atoms with van der Waals surface area (Å²) < 4.78 is 6.78. The molecular weight excluding hydrogens is 280 g/mol. The molecular formula is C16H16N4O2. The average Bonchev–Trinajstić information content (AvgIpc) is 2.89. The second kappa shape index (κ2) is 5.40. The fraction of sp³-hybridized carbons (Fsp3) is 0.125. The maximum absolute atomic E-state index is 9.94. The Balaban J connectivity index is 2.16. The smallest absolute Gasteiger partial charge is 0.156 e. The largest absolute Gasteiger partial charge is 0.506 e. The molecule has 0 aliphatic rings. The van der Waals surface area contributed by atoms with E-state index in [2.05, 4.69) is 10.3 Å². The molecule has 1 heterocycles. The minimum Gasteiger partial charge on any atom is -0.506 e. The quantitative estimate of drug-likeness (QED) is 0.775. The number of hydrogen-bond donors (Lipinski definition) is 2. The highest BCUT2D eigenvalue weighted by Crippen LogP contribution is 2.34. The lowest BCUT2D eigenvalue weighted by Crippen LogP contribution is -2.02. The molecule has 0 aliphatic carbocycles. The summed E-state index contributed by atoms with van der Waals surface area (Å²) in [6.45, 7) is 1.98. The van der Waals surface area contributed by atoms with Gasteiger partial charge in [0.15, 0.2) is 5.82 Å². The number of benzene rings is 2. The minimum absolute atomic E-state index is 0.0851. The predicted octanol–water partition coefficient (Wildman–Crippen LogP) is 2.54. The van der Waals surface area contributed by atoms with E-state index in [-0.39, 0.29) is 5.75 Å². The van der Waals surface area contributed by atoms with Gasteiger partial charge in [-0.15, -0.1) is 5.10 Å². The number of rotatable bonds is 3. The van der Waals surface area contributed by atoms with Crippen LogP contribution in [0.1, 0.15) is 5.56 Å². The van der Waals surface area contributed by atoms with Crippen LogP contribution in [0.4, 0.5) is 5.82 Å². The molecule has 0 aliphatic heterocycles. The molecule has 3 aromatic rings. The Morgan fingerprint density at radius 1 is 1.18 bits per heavy atom. The molecule has 0 bridgehead atoms. The van der Waals surface area contributed by atoms with Gasteiger partial charge in [-0.1, -0.05) is 29.0 Å². The topological polar surface area (TPSA) is 86.2 Å². The van der Waals surface area contributed by atoms with Crippen molar-refractivity contribution in [2.45, 2.75) is 6.92 Å². The predicted molar refractivity (Wildman–Crippen MR) is 84.2 cm³/mol. The molecule has 3 N–H and O–H groups in total. The highest BCUT2D eigenvalue weighted by molar-refractivity contribution is 5.76. The third kappa shape index (κ3) is 2.24. The van der Waals surface area contributed by atoms with E-state index in [1.807, 2.05) is 25.1 Å². The maximum Gasteiger partial charge on any atom is 0.156 e. The van der Waals surface area contributed by atoms with Crippen LogP contribution in [0.3, 0.4) is 0 Å². The molecule has 0 amide bonds. The fourth-order valence-corrected chi connectivity index (χ4v) is 2.31. The summed E-state index contributed by atoms with van der Waals surface area (Å²) in [5, 5.41) is 18.1. The van der Waals surface area contributed by atoms with Crippen LogP contribution in [0.25, 0.3) is 16.9 Å². The summed E-state index contributed by atoms with van der Waals surface area (Å²) in [6, 6.07) is 12.6. The Morgan fingerprint density at radius 3 is 2.68 bits per heavy atom. The van der Waals surface area contributed by atoms with E-state index in [9.17, 15) is 5.11 Å². The van der Waals surface area contributed by atoms with E-state index in [4.69, 9.17) is 10.5 Å². The van der Waals surface area contributed by atoms with Crippen LogP contribution in [0.15, 0.2) is 42.5 Å². The number of methoxy groups -OCH3 is 1. The molecule has 0 saturated heterocycles. The van der Waals surface area contributed by atoms with Crippen LogP contribution in [-0.2, 0) is 0 Å². The highest BCUT2D eigenvalue weighted by atomic mass is 16.5. The number of aromatic hydroxyl groups is 1. The number of nitrogens with two attached hydrogens (primary N) is 1. The molecule has 6 heteroatoms. The molecule has 112 valence electrons. The van der Waals surface area contributed by atoms with Gasteiger partial charge < -0.3 is 15.6 Å². The van der Waals surface area contributed by atoms with Crippen LogP contribution >= 0.6 is 0 Å². The first kappa shape index (κ1) is 13.9. The monoisotopic (exact) mass is 296 g/mol. The molecule has 0 fully saturated rings. The van der Waals surface area contributed by atoms with Gasteiger partial charge in [0.2, 0.25) is 0 Å². The Morgan fingerprint density at radius 2 is 1.95 bits per heavy atom. The minimum atomic E-state index is 0.0851. The maximum atomic E-state index is 9.94. The van der Waals surface area contributed by atoms with Gasteiger partial charge >= 0.3 is 0 Å². The molecule has 0 unspecified atom stereocenters. The normalized spacial score (nSPS) is 10.6. The number of aromatic nitrogens is 3. The van der Waals surface area contributed by atoms with Gasteiger partial charge in [0.1, 0.15) is 22.9 Å². The lowest BCUT2D eigenvalue weighted by molar-refractivity contribution is 0.416. The zero-order valence-corrected chi connectivity index (χ0v) is 12.3. The number of phenols is 1. The standard InChI is InChI=1S/C16H16N4O2/c1-10-7-8-14(22-2)11(9-10)15-16(17)20(19-18-15)12-5-3-4-6-13(12)21/h3-9,21H,17H2,1-2H3. The molecule has 0 atom stereocenters. The second-order valence-corrected chi connectivity index (χ2v) is 4.93. The molecule has 3 rings (SSSR count). The second-order valence-electron chi connectivity index (χ2n) is 4.93. The Hall–Kier alpha value is -3.02. The molecule has 0 radical (unpaired) electrons. The third-order valence-corrected chi connectivity index (χ3v) is 3.42. The van der Waals surface area contributed by atoms with Crippen LogP contribution in [0.5, 0.6) is 11.5 Å². The Labute approximate surface area is 127 Å². The van der Waals surface area contributed by atoms with E-state index in [0.717, 1.165) is 11.1 Å². The molecule has 0 spiro atoms. The number of phenolic OH excluding ortho intramolecular Hbond substituents is 1. The SMILES string of the molecule is COc1ccc(C)cc1-c1nnn(-c2ccccc2O)c1N. The number of nitrogen functional groups attached to an aromatic ring is 1. The number of aryl methyl sites for hydroxylation is 1. The van der Waals surface area contributed by atoms with Crippen molar-refractivity contribution in [2.75, 3.05) is 12.8 Å². The molecule has 6 nitrogen and oxygen atoms in total. The van der Waals surface area contributed by atoms with E-state index in [1.54, 1.807) is 31.4 Å². The number of para-hydroxylation sites is 2. The Kier molecular flexibility index (Phi) is 3.42. The number of ether oxygens (including phenoxy) is 1. The number of anilines is 1. The average molecular weight is 296 g/mol. The van der Waals surface area contributed by atoms with Crippen molar-refractivity contribution in [1.29, 1.82) is 0 Å². The summed E-state index contributed by atoms with van der Waals surface area (Å²) in [6.07, 6.45) is 0. The van der Waals surface area contributed by atoms with Crippen LogP contribution in [0.2, 0.25) is 0 Å². The van der Waals surface area contributed by atoms with Crippen molar-refractivity contribution in [1.82, 2.24) is 15.0 Å². The zero-order valence-electron chi connectivity index (χ0n) is 12.3.